The van der Waals surface area contributed by atoms with Gasteiger partial charge in [0.1, 0.15) is 22.8 Å². The number of halogens is 9. The Morgan fingerprint density at radius 1 is 1.02 bits per heavy atom. The molecule has 2 fully saturated rings. The second-order valence-corrected chi connectivity index (χ2v) is 14.5. The van der Waals surface area contributed by atoms with Crippen LogP contribution in [0.25, 0.3) is 16.9 Å². The molecule has 2 aromatic heterocycles. The van der Waals surface area contributed by atoms with Crippen LogP contribution in [0.4, 0.5) is 39.9 Å². The highest BCUT2D eigenvalue weighted by molar-refractivity contribution is 6.34. The molecule has 1 aromatic carbocycles. The maximum Gasteiger partial charge on any atom is 0.510 e. The zero-order chi connectivity index (χ0) is 40.9. The minimum Gasteiger partial charge on any atom is -0.460 e. The molecule has 2 aliphatic rings. The number of alkyl halides is 8. The molecule has 2 heterocycles. The highest BCUT2D eigenvalue weighted by atomic mass is 35.5. The summed E-state index contributed by atoms with van der Waals surface area (Å²) in [6.07, 6.45) is -10.1. The third-order valence-corrected chi connectivity index (χ3v) is 9.30. The second kappa shape index (κ2) is 14.6. The number of amides is 1. The first kappa shape index (κ1) is 41.2. The Hall–Kier alpha value is -4.93. The summed E-state index contributed by atoms with van der Waals surface area (Å²) in [5, 5.41) is 16.4. The molecule has 0 spiro atoms. The monoisotopic (exact) mass is 808 g/mol. The lowest BCUT2D eigenvalue weighted by atomic mass is 9.87. The van der Waals surface area contributed by atoms with Crippen molar-refractivity contribution in [3.63, 3.8) is 0 Å². The average Bonchev–Trinajstić information content (AvgIpc) is 3.54. The molecule has 0 saturated heterocycles. The molecule has 298 valence electrons. The Balaban J connectivity index is 1.34. The molecule has 0 radical (unpaired) electrons. The third kappa shape index (κ3) is 8.66. The van der Waals surface area contributed by atoms with E-state index >= 15 is 0 Å². The van der Waals surface area contributed by atoms with Crippen molar-refractivity contribution in [3.05, 3.63) is 52.4 Å². The average molecular weight is 809 g/mol. The van der Waals surface area contributed by atoms with Gasteiger partial charge in [-0.1, -0.05) is 17.7 Å². The Morgan fingerprint density at radius 3 is 2.20 bits per heavy atom. The lowest BCUT2D eigenvalue weighted by Crippen LogP contribution is -2.44. The van der Waals surface area contributed by atoms with Gasteiger partial charge < -0.3 is 14.2 Å². The fourth-order valence-electron chi connectivity index (χ4n) is 6.02. The van der Waals surface area contributed by atoms with Gasteiger partial charge in [-0.15, -0.1) is 0 Å². The number of hydrogen-bond acceptors (Lipinski definition) is 9. The van der Waals surface area contributed by atoms with Crippen molar-refractivity contribution in [2.24, 2.45) is 13.0 Å². The van der Waals surface area contributed by atoms with E-state index in [0.29, 0.717) is 30.4 Å². The Morgan fingerprint density at radius 2 is 1.65 bits per heavy atom. The summed E-state index contributed by atoms with van der Waals surface area (Å²) in [7, 11) is 0.730. The summed E-state index contributed by atoms with van der Waals surface area (Å²) >= 11 is 6.36. The predicted octanol–water partition coefficient (Wildman–Crippen LogP) is 8.11. The van der Waals surface area contributed by atoms with Crippen LogP contribution in [0.3, 0.4) is 0 Å². The Kier molecular flexibility index (Phi) is 11.0. The topological polar surface area (TPSA) is 142 Å². The lowest BCUT2D eigenvalue weighted by Gasteiger charge is -2.30. The van der Waals surface area contributed by atoms with E-state index in [1.54, 1.807) is 20.8 Å². The predicted molar refractivity (Wildman–Crippen MR) is 173 cm³/mol. The van der Waals surface area contributed by atoms with Gasteiger partial charge in [-0.2, -0.15) is 50.6 Å². The van der Waals surface area contributed by atoms with Gasteiger partial charge >= 0.3 is 30.4 Å². The standard InChI is InChI=1S/C34H33ClF8N6O6/c1-30(2,3)55-28(51)18-5-8-21(9-6-18)54-29(52)53-17-48(31(16-44)11-12-31)27(50)22-13-19(7-10-23(22)35)20-14-45-49(15-20)26-24(33(38,39)40)25(46-47(26)4)32(36,37)34(41,42)43/h7,10,13-15,18,21H,5-6,8-9,11-12,17H2,1-4H3/t18-,21-. The molecular weight excluding hydrogens is 776 g/mol. The number of ether oxygens (including phenoxy) is 3. The van der Waals surface area contributed by atoms with Crippen LogP contribution in [-0.4, -0.2) is 72.6 Å². The van der Waals surface area contributed by atoms with E-state index in [4.69, 9.17) is 25.8 Å². The van der Waals surface area contributed by atoms with E-state index in [1.807, 2.05) is 6.07 Å². The van der Waals surface area contributed by atoms with Crippen LogP contribution in [0, 0.1) is 17.2 Å². The molecule has 21 heteroatoms. The minimum absolute atomic E-state index is 0.0293. The van der Waals surface area contributed by atoms with E-state index in [9.17, 15) is 54.8 Å². The van der Waals surface area contributed by atoms with E-state index < -0.39 is 71.4 Å². The third-order valence-electron chi connectivity index (χ3n) is 8.97. The summed E-state index contributed by atoms with van der Waals surface area (Å²) in [5.41, 5.74) is -7.15. The molecule has 3 aromatic rings. The zero-order valence-electron chi connectivity index (χ0n) is 29.5. The van der Waals surface area contributed by atoms with Gasteiger partial charge in [0, 0.05) is 18.8 Å². The van der Waals surface area contributed by atoms with Crippen molar-refractivity contribution in [1.82, 2.24) is 24.5 Å². The quantitative estimate of drug-likeness (QED) is 0.119. The molecule has 0 N–H and O–H groups in total. The number of carbonyl (C=O) groups is 3. The van der Waals surface area contributed by atoms with E-state index in [2.05, 4.69) is 10.2 Å². The molecule has 12 nitrogen and oxygen atoms in total. The molecule has 0 atom stereocenters. The highest BCUT2D eigenvalue weighted by Crippen LogP contribution is 2.49. The molecule has 2 saturated carbocycles. The minimum atomic E-state index is -6.39. The van der Waals surface area contributed by atoms with Gasteiger partial charge in [-0.05, 0) is 77.0 Å². The molecule has 0 bridgehead atoms. The SMILES string of the molecule is Cn1nc(C(F)(F)C(F)(F)F)c(C(F)(F)F)c1-n1cc(-c2ccc(Cl)c(C(=O)N(COC(=O)O[C@H]3CC[C@H](C(=O)OC(C)(C)C)CC3)C3(C#N)CC3)c2)cn1. The number of hydrogen-bond donors (Lipinski definition) is 0. The summed E-state index contributed by atoms with van der Waals surface area (Å²) in [6.45, 7) is 4.53. The van der Waals surface area contributed by atoms with Crippen LogP contribution < -0.4 is 0 Å². The Bertz CT molecular complexity index is 2000. The molecule has 1 amide bonds. The van der Waals surface area contributed by atoms with E-state index in [-0.39, 0.29) is 51.1 Å². The van der Waals surface area contributed by atoms with E-state index in [1.165, 1.54) is 18.2 Å². The molecule has 0 unspecified atom stereocenters. The number of benzene rings is 1. The first-order valence-corrected chi connectivity index (χ1v) is 17.0. The summed E-state index contributed by atoms with van der Waals surface area (Å²) in [6, 6.07) is 5.77. The molecule has 55 heavy (non-hydrogen) atoms. The van der Waals surface area contributed by atoms with Gasteiger partial charge in [-0.3, -0.25) is 14.5 Å². The van der Waals surface area contributed by atoms with Gasteiger partial charge in [0.15, 0.2) is 18.2 Å². The fraction of sp³-hybridized carbons (Fsp3) is 0.529. The maximum atomic E-state index is 14.2. The normalized spacial score (nSPS) is 18.6. The van der Waals surface area contributed by atoms with Crippen LogP contribution in [0.1, 0.15) is 80.9 Å². The Labute approximate surface area is 312 Å². The summed E-state index contributed by atoms with van der Waals surface area (Å²) < 4.78 is 126. The number of aromatic nitrogens is 4. The number of nitrogens with zero attached hydrogens (tertiary/aromatic N) is 6. The van der Waals surface area contributed by atoms with Crippen LogP contribution >= 0.6 is 11.6 Å². The molecule has 0 aliphatic heterocycles. The van der Waals surface area contributed by atoms with Gasteiger partial charge in [0.2, 0.25) is 0 Å². The first-order valence-electron chi connectivity index (χ1n) is 16.6. The number of esters is 1. The van der Waals surface area contributed by atoms with Gasteiger partial charge in [0.25, 0.3) is 5.91 Å². The second-order valence-electron chi connectivity index (χ2n) is 14.1. The fourth-order valence-corrected chi connectivity index (χ4v) is 6.22. The first-order chi connectivity index (χ1) is 25.4. The molecule has 2 aliphatic carbocycles. The lowest BCUT2D eigenvalue weighted by molar-refractivity contribution is -0.292. The number of carbonyl (C=O) groups excluding carboxylic acids is 3. The molecule has 5 rings (SSSR count). The largest absolute Gasteiger partial charge is 0.510 e. The van der Waals surface area contributed by atoms with Crippen molar-refractivity contribution in [2.75, 3.05) is 6.73 Å². The van der Waals surface area contributed by atoms with Gasteiger partial charge in [-0.25, -0.2) is 14.2 Å². The van der Waals surface area contributed by atoms with Crippen LogP contribution in [-0.2, 0) is 38.2 Å². The highest BCUT2D eigenvalue weighted by Gasteiger charge is 2.64. The van der Waals surface area contributed by atoms with Crippen molar-refractivity contribution in [3.8, 4) is 23.0 Å². The van der Waals surface area contributed by atoms with Crippen LogP contribution in [0.15, 0.2) is 30.6 Å². The van der Waals surface area contributed by atoms with Crippen LogP contribution in [0.2, 0.25) is 5.02 Å². The maximum absolute atomic E-state index is 14.2. The zero-order valence-corrected chi connectivity index (χ0v) is 30.3. The molecular formula is C34H33ClF8N6O6. The van der Waals surface area contributed by atoms with Crippen molar-refractivity contribution in [2.45, 2.75) is 94.8 Å². The van der Waals surface area contributed by atoms with Crippen LogP contribution in [0.5, 0.6) is 0 Å². The number of rotatable bonds is 9. The van der Waals surface area contributed by atoms with Crippen molar-refractivity contribution in [1.29, 1.82) is 5.26 Å². The van der Waals surface area contributed by atoms with Crippen molar-refractivity contribution < 1.29 is 63.7 Å². The number of aryl methyl sites for hydroxylation is 1. The summed E-state index contributed by atoms with van der Waals surface area (Å²) in [4.78, 5) is 40.0. The smallest absolute Gasteiger partial charge is 0.460 e. The summed E-state index contributed by atoms with van der Waals surface area (Å²) in [5.74, 6) is -8.81. The van der Waals surface area contributed by atoms with Crippen molar-refractivity contribution >= 4 is 29.6 Å². The van der Waals surface area contributed by atoms with E-state index in [0.717, 1.165) is 24.3 Å². The number of nitriles is 1. The van der Waals surface area contributed by atoms with Gasteiger partial charge in [0.05, 0.1) is 28.8 Å².